The molecule has 0 rings (SSSR count). The summed E-state index contributed by atoms with van der Waals surface area (Å²) in [5.74, 6) is -0.903. The number of carbonyl (C=O) groups is 1. The molecule has 0 saturated heterocycles. The topological polar surface area (TPSA) is 44.6 Å². The van der Waals surface area contributed by atoms with E-state index < -0.39 is 5.97 Å². The molecule has 0 aromatic rings. The van der Waals surface area contributed by atoms with Crippen LogP contribution in [0.15, 0.2) is 0 Å². The van der Waals surface area contributed by atoms with Crippen molar-refractivity contribution in [1.29, 1.82) is 0 Å². The number of nitrogens with one attached hydrogen (secondary N) is 1. The van der Waals surface area contributed by atoms with Crippen LogP contribution in [0, 0.1) is 0 Å². The van der Waals surface area contributed by atoms with Gasteiger partial charge in [0.25, 0.3) is 0 Å². The van der Waals surface area contributed by atoms with Gasteiger partial charge in [-0.25, -0.2) is 0 Å². The van der Waals surface area contributed by atoms with Crippen molar-refractivity contribution >= 4 is 5.97 Å². The normalized spacial score (nSPS) is 12.0. The minimum Gasteiger partial charge on any atom is -0.550 e. The van der Waals surface area contributed by atoms with Gasteiger partial charge < -0.3 is 14.8 Å². The van der Waals surface area contributed by atoms with Gasteiger partial charge in [0.15, 0.2) is 0 Å². The van der Waals surface area contributed by atoms with Gasteiger partial charge in [0, 0.05) is 5.97 Å². The molecule has 1 unspecified atom stereocenters. The van der Waals surface area contributed by atoms with Crippen molar-refractivity contribution in [2.45, 2.75) is 233 Å². The number of carboxylic acids is 1. The Morgan fingerprint density at radius 3 is 0.952 bits per heavy atom. The third-order valence-electron chi connectivity index (χ3n) is 9.11. The Labute approximate surface area is 266 Å². The molecule has 254 valence electrons. The summed E-state index contributed by atoms with van der Waals surface area (Å²) >= 11 is 0. The number of carboxylic acid groups (broad SMARTS) is 1. The van der Waals surface area contributed by atoms with Crippen LogP contribution in [0.3, 0.4) is 0 Å². The number of unbranched alkanes of at least 4 members (excludes halogenated alkanes) is 27. The van der Waals surface area contributed by atoms with Gasteiger partial charge in [-0.1, -0.05) is 181 Å². The standard InChI is InChI=1S/C21H45N.C18H36O2/c1-5-7-8-9-10-11-12-13-14-15-16-17-18-19-20-22(6-2)21(3)4;1-2-3-4-5-6-7-8-9-10-11-12-13-14-15-16-17-18(19)20/h21H,5-20H2,1-4H3;2-17H2,1H3,(H,19,20). The van der Waals surface area contributed by atoms with E-state index in [9.17, 15) is 9.90 Å². The molecule has 42 heavy (non-hydrogen) atoms. The Bertz CT molecular complexity index is 493. The van der Waals surface area contributed by atoms with E-state index in [1.54, 1.807) is 4.90 Å². The molecule has 0 aromatic heterocycles. The maximum absolute atomic E-state index is 10.2. The maximum atomic E-state index is 10.2. The molecule has 0 aliphatic carbocycles. The second kappa shape index (κ2) is 38.5. The lowest BCUT2D eigenvalue weighted by atomic mass is 10.0. The van der Waals surface area contributed by atoms with Crippen LogP contribution >= 0.6 is 0 Å². The Morgan fingerprint density at radius 2 is 0.714 bits per heavy atom. The van der Waals surface area contributed by atoms with Crippen molar-refractivity contribution in [1.82, 2.24) is 0 Å². The van der Waals surface area contributed by atoms with Gasteiger partial charge in [0.1, 0.15) is 0 Å². The second-order valence-corrected chi connectivity index (χ2v) is 13.6. The summed E-state index contributed by atoms with van der Waals surface area (Å²) in [5.41, 5.74) is 0. The number of hydrogen-bond donors (Lipinski definition) is 1. The molecule has 0 saturated carbocycles. The average Bonchev–Trinajstić information content (AvgIpc) is 2.97. The molecule has 0 bridgehead atoms. The third-order valence-corrected chi connectivity index (χ3v) is 9.11. The average molecular weight is 596 g/mol. The van der Waals surface area contributed by atoms with Gasteiger partial charge in [-0.3, -0.25) is 0 Å². The van der Waals surface area contributed by atoms with Crippen LogP contribution in [0.1, 0.15) is 227 Å². The predicted molar refractivity (Wildman–Crippen MR) is 186 cm³/mol. The molecule has 3 heteroatoms. The molecule has 0 radical (unpaired) electrons. The zero-order chi connectivity index (χ0) is 31.4. The van der Waals surface area contributed by atoms with E-state index in [1.807, 2.05) is 0 Å². The van der Waals surface area contributed by atoms with Gasteiger partial charge in [-0.15, -0.1) is 0 Å². The van der Waals surface area contributed by atoms with Crippen molar-refractivity contribution in [2.24, 2.45) is 0 Å². The Balaban J connectivity index is 0. The van der Waals surface area contributed by atoms with Crippen LogP contribution in [-0.2, 0) is 4.79 Å². The molecule has 1 atom stereocenters. The smallest absolute Gasteiger partial charge is 0.0817 e. The van der Waals surface area contributed by atoms with E-state index in [2.05, 4.69) is 34.6 Å². The zero-order valence-corrected chi connectivity index (χ0v) is 30.0. The zero-order valence-electron chi connectivity index (χ0n) is 30.0. The van der Waals surface area contributed by atoms with Crippen molar-refractivity contribution in [3.63, 3.8) is 0 Å². The number of rotatable bonds is 33. The molecular formula is C39H81NO2. The summed E-state index contributed by atoms with van der Waals surface area (Å²) < 4.78 is 0. The largest absolute Gasteiger partial charge is 0.550 e. The minimum absolute atomic E-state index is 0.234. The van der Waals surface area contributed by atoms with Crippen LogP contribution in [0.2, 0.25) is 0 Å². The lowest BCUT2D eigenvalue weighted by molar-refractivity contribution is -0.920. The van der Waals surface area contributed by atoms with Crippen molar-refractivity contribution in [2.75, 3.05) is 13.1 Å². The predicted octanol–water partition coefficient (Wildman–Crippen LogP) is 10.8. The van der Waals surface area contributed by atoms with Crippen LogP contribution in [-0.4, -0.2) is 25.1 Å². The Kier molecular flexibility index (Phi) is 39.9. The van der Waals surface area contributed by atoms with Crippen molar-refractivity contribution in [3.05, 3.63) is 0 Å². The fraction of sp³-hybridized carbons (Fsp3) is 0.974. The first-order valence-electron chi connectivity index (χ1n) is 19.5. The number of carbonyl (C=O) groups excluding carboxylic acids is 1. The first-order chi connectivity index (χ1) is 20.5. The van der Waals surface area contributed by atoms with E-state index in [0.717, 1.165) is 18.9 Å². The van der Waals surface area contributed by atoms with E-state index in [-0.39, 0.29) is 6.42 Å². The highest BCUT2D eigenvalue weighted by Crippen LogP contribution is 2.14. The minimum atomic E-state index is -0.903. The Hall–Kier alpha value is -0.570. The first kappa shape index (κ1) is 43.6. The number of hydrogen-bond acceptors (Lipinski definition) is 2. The molecule has 0 spiro atoms. The number of quaternary nitrogens is 1. The summed E-state index contributed by atoms with van der Waals surface area (Å²) in [6.45, 7) is 14.3. The summed E-state index contributed by atoms with van der Waals surface area (Å²) in [4.78, 5) is 12.0. The highest BCUT2D eigenvalue weighted by Gasteiger charge is 2.08. The summed E-state index contributed by atoms with van der Waals surface area (Å²) in [5, 5.41) is 10.2. The lowest BCUT2D eigenvalue weighted by Gasteiger charge is -2.21. The summed E-state index contributed by atoms with van der Waals surface area (Å²) in [6, 6.07) is 0.798. The molecule has 3 nitrogen and oxygen atoms in total. The summed E-state index contributed by atoms with van der Waals surface area (Å²) in [6.07, 6.45) is 40.3. The van der Waals surface area contributed by atoms with Crippen molar-refractivity contribution in [3.8, 4) is 0 Å². The van der Waals surface area contributed by atoms with Gasteiger partial charge in [-0.2, -0.15) is 0 Å². The fourth-order valence-electron chi connectivity index (χ4n) is 6.06. The SMILES string of the molecule is CCCCCCCCCCCCCCCCCC(=O)[O-].CCCCCCCCCCCCCCCC[NH+](CC)C(C)C. The molecule has 0 heterocycles. The van der Waals surface area contributed by atoms with E-state index >= 15 is 0 Å². The Morgan fingerprint density at radius 1 is 0.452 bits per heavy atom. The van der Waals surface area contributed by atoms with E-state index in [1.165, 1.54) is 186 Å². The second-order valence-electron chi connectivity index (χ2n) is 13.6. The lowest BCUT2D eigenvalue weighted by Crippen LogP contribution is -3.14. The van der Waals surface area contributed by atoms with E-state index in [4.69, 9.17) is 0 Å². The molecule has 0 aromatic carbocycles. The van der Waals surface area contributed by atoms with Crippen LogP contribution < -0.4 is 10.0 Å². The molecule has 0 aliphatic heterocycles. The molecular weight excluding hydrogens is 514 g/mol. The van der Waals surface area contributed by atoms with Crippen molar-refractivity contribution < 1.29 is 14.8 Å². The highest BCUT2D eigenvalue weighted by atomic mass is 16.4. The quantitative estimate of drug-likeness (QED) is 0.0767. The van der Waals surface area contributed by atoms with Crippen LogP contribution in [0.5, 0.6) is 0 Å². The fourth-order valence-corrected chi connectivity index (χ4v) is 6.06. The number of aliphatic carboxylic acids is 1. The molecule has 1 N–H and O–H groups in total. The highest BCUT2D eigenvalue weighted by molar-refractivity contribution is 5.64. The maximum Gasteiger partial charge on any atom is 0.0817 e. The van der Waals surface area contributed by atoms with Gasteiger partial charge in [0.2, 0.25) is 0 Å². The van der Waals surface area contributed by atoms with Gasteiger partial charge in [-0.05, 0) is 46.5 Å². The molecule has 0 aliphatic rings. The third kappa shape index (κ3) is 39.4. The van der Waals surface area contributed by atoms with Gasteiger partial charge in [0.05, 0.1) is 19.1 Å². The van der Waals surface area contributed by atoms with Gasteiger partial charge >= 0.3 is 0 Å². The molecule has 0 fully saturated rings. The summed E-state index contributed by atoms with van der Waals surface area (Å²) in [7, 11) is 0. The first-order valence-corrected chi connectivity index (χ1v) is 19.5. The molecule has 0 amide bonds. The van der Waals surface area contributed by atoms with E-state index in [0.29, 0.717) is 0 Å². The monoisotopic (exact) mass is 596 g/mol. The van der Waals surface area contributed by atoms with Crippen LogP contribution in [0.4, 0.5) is 0 Å². The van der Waals surface area contributed by atoms with Crippen LogP contribution in [0.25, 0.3) is 0 Å².